The minimum atomic E-state index is -0.722. The number of carboxylic acid groups (broad SMARTS) is 1. The second-order valence-electron chi connectivity index (χ2n) is 6.14. The zero-order valence-corrected chi connectivity index (χ0v) is 14.4. The summed E-state index contributed by atoms with van der Waals surface area (Å²) in [5.74, 6) is 0.0517. The van der Waals surface area contributed by atoms with Crippen LogP contribution in [0.4, 0.5) is 11.4 Å². The maximum absolute atomic E-state index is 10.4. The molecule has 5 nitrogen and oxygen atoms in total. The van der Waals surface area contributed by atoms with Crippen molar-refractivity contribution in [3.63, 3.8) is 0 Å². The van der Waals surface area contributed by atoms with Crippen LogP contribution in [0, 0.1) is 0 Å². The SMILES string of the molecule is Nc1ccc(-c2ccc(N)cc2OCCCCCCCC(=O)O)cc1. The van der Waals surface area contributed by atoms with Gasteiger partial charge in [0.2, 0.25) is 0 Å². The second-order valence-corrected chi connectivity index (χ2v) is 6.14. The van der Waals surface area contributed by atoms with Crippen molar-refractivity contribution >= 4 is 17.3 Å². The molecule has 5 N–H and O–H groups in total. The van der Waals surface area contributed by atoms with Crippen LogP contribution in [-0.2, 0) is 4.79 Å². The van der Waals surface area contributed by atoms with Crippen LogP contribution in [0.5, 0.6) is 5.75 Å². The van der Waals surface area contributed by atoms with Gasteiger partial charge in [-0.1, -0.05) is 31.4 Å². The van der Waals surface area contributed by atoms with E-state index >= 15 is 0 Å². The van der Waals surface area contributed by atoms with Crippen LogP contribution >= 0.6 is 0 Å². The Morgan fingerprint density at radius 1 is 0.880 bits per heavy atom. The summed E-state index contributed by atoms with van der Waals surface area (Å²) >= 11 is 0. The number of hydrogen-bond acceptors (Lipinski definition) is 4. The fraction of sp³-hybridized carbons (Fsp3) is 0.350. The topological polar surface area (TPSA) is 98.6 Å². The Balaban J connectivity index is 1.84. The van der Waals surface area contributed by atoms with Crippen LogP contribution in [0.1, 0.15) is 38.5 Å². The van der Waals surface area contributed by atoms with Crippen molar-refractivity contribution in [2.45, 2.75) is 38.5 Å². The van der Waals surface area contributed by atoms with E-state index in [0.29, 0.717) is 12.3 Å². The molecule has 0 amide bonds. The van der Waals surface area contributed by atoms with Gasteiger partial charge in [-0.05, 0) is 42.7 Å². The molecule has 0 aliphatic carbocycles. The molecule has 0 aliphatic heterocycles. The van der Waals surface area contributed by atoms with Crippen LogP contribution < -0.4 is 16.2 Å². The third-order valence-electron chi connectivity index (χ3n) is 4.02. The molecule has 0 aromatic heterocycles. The molecule has 0 saturated carbocycles. The predicted octanol–water partition coefficient (Wildman–Crippen LogP) is 4.32. The van der Waals surface area contributed by atoms with Crippen molar-refractivity contribution < 1.29 is 14.6 Å². The van der Waals surface area contributed by atoms with E-state index in [0.717, 1.165) is 54.7 Å². The number of benzene rings is 2. The summed E-state index contributed by atoms with van der Waals surface area (Å²) in [4.78, 5) is 10.4. The molecular weight excluding hydrogens is 316 g/mol. The normalized spacial score (nSPS) is 10.6. The number of ether oxygens (including phenoxy) is 1. The zero-order valence-electron chi connectivity index (χ0n) is 14.4. The van der Waals surface area contributed by atoms with Gasteiger partial charge in [-0.2, -0.15) is 0 Å². The number of rotatable bonds is 10. The highest BCUT2D eigenvalue weighted by atomic mass is 16.5. The first kappa shape index (κ1) is 18.6. The van der Waals surface area contributed by atoms with Gasteiger partial charge in [0.25, 0.3) is 0 Å². The summed E-state index contributed by atoms with van der Waals surface area (Å²) in [6, 6.07) is 13.3. The number of nitrogen functional groups attached to an aromatic ring is 2. The molecule has 0 radical (unpaired) electrons. The minimum absolute atomic E-state index is 0.255. The highest BCUT2D eigenvalue weighted by Gasteiger charge is 2.07. The number of carboxylic acids is 1. The van der Waals surface area contributed by atoms with Gasteiger partial charge < -0.3 is 21.3 Å². The van der Waals surface area contributed by atoms with Gasteiger partial charge in [0.1, 0.15) is 5.75 Å². The molecule has 2 aromatic carbocycles. The molecule has 0 unspecified atom stereocenters. The summed E-state index contributed by atoms with van der Waals surface area (Å²) in [7, 11) is 0. The number of aliphatic carboxylic acids is 1. The average Bonchev–Trinajstić information content (AvgIpc) is 2.58. The molecule has 0 spiro atoms. The Bertz CT molecular complexity index is 684. The van der Waals surface area contributed by atoms with Gasteiger partial charge in [-0.3, -0.25) is 4.79 Å². The highest BCUT2D eigenvalue weighted by Crippen LogP contribution is 2.32. The third-order valence-corrected chi connectivity index (χ3v) is 4.02. The van der Waals surface area contributed by atoms with E-state index < -0.39 is 5.97 Å². The van der Waals surface area contributed by atoms with Gasteiger partial charge in [0.05, 0.1) is 6.61 Å². The van der Waals surface area contributed by atoms with Crippen LogP contribution in [0.2, 0.25) is 0 Å². The lowest BCUT2D eigenvalue weighted by molar-refractivity contribution is -0.137. The monoisotopic (exact) mass is 342 g/mol. The highest BCUT2D eigenvalue weighted by molar-refractivity contribution is 5.74. The van der Waals surface area contributed by atoms with Gasteiger partial charge >= 0.3 is 5.97 Å². The fourth-order valence-electron chi connectivity index (χ4n) is 2.65. The van der Waals surface area contributed by atoms with E-state index in [-0.39, 0.29) is 6.42 Å². The lowest BCUT2D eigenvalue weighted by atomic mass is 10.0. The second kappa shape index (κ2) is 9.57. The number of unbranched alkanes of at least 4 members (excludes halogenated alkanes) is 4. The van der Waals surface area contributed by atoms with Gasteiger partial charge in [0.15, 0.2) is 0 Å². The summed E-state index contributed by atoms with van der Waals surface area (Å²) in [5.41, 5.74) is 15.1. The summed E-state index contributed by atoms with van der Waals surface area (Å²) in [5, 5.41) is 8.60. The molecule has 25 heavy (non-hydrogen) atoms. The van der Waals surface area contributed by atoms with Crippen molar-refractivity contribution in [3.05, 3.63) is 42.5 Å². The molecule has 0 heterocycles. The van der Waals surface area contributed by atoms with Crippen molar-refractivity contribution in [2.24, 2.45) is 0 Å². The number of nitrogens with two attached hydrogens (primary N) is 2. The molecule has 0 bridgehead atoms. The number of anilines is 2. The Morgan fingerprint density at radius 2 is 1.52 bits per heavy atom. The van der Waals surface area contributed by atoms with E-state index in [4.69, 9.17) is 21.3 Å². The molecule has 134 valence electrons. The maximum Gasteiger partial charge on any atom is 0.303 e. The Hall–Kier alpha value is -2.69. The Kier molecular flexibility index (Phi) is 7.14. The summed E-state index contributed by atoms with van der Waals surface area (Å²) in [6.45, 7) is 0.615. The number of hydrogen-bond donors (Lipinski definition) is 3. The van der Waals surface area contributed by atoms with Crippen molar-refractivity contribution in [2.75, 3.05) is 18.1 Å². The van der Waals surface area contributed by atoms with Crippen LogP contribution in [0.3, 0.4) is 0 Å². The standard InChI is InChI=1S/C20H26N2O3/c21-16-9-7-15(8-10-16)18-12-11-17(22)14-19(18)25-13-5-3-1-2-4-6-20(23)24/h7-12,14H,1-6,13,21-22H2,(H,23,24). The van der Waals surface area contributed by atoms with E-state index in [1.165, 1.54) is 0 Å². The van der Waals surface area contributed by atoms with E-state index in [1.54, 1.807) is 0 Å². The largest absolute Gasteiger partial charge is 0.493 e. The molecule has 2 aromatic rings. The molecule has 2 rings (SSSR count). The summed E-state index contributed by atoms with van der Waals surface area (Å²) in [6.07, 6.45) is 4.93. The molecule has 0 aliphatic rings. The first-order valence-electron chi connectivity index (χ1n) is 8.66. The summed E-state index contributed by atoms with van der Waals surface area (Å²) < 4.78 is 5.94. The zero-order chi connectivity index (χ0) is 18.1. The van der Waals surface area contributed by atoms with Crippen LogP contribution in [0.15, 0.2) is 42.5 Å². The van der Waals surface area contributed by atoms with Crippen LogP contribution in [0.25, 0.3) is 11.1 Å². The lowest BCUT2D eigenvalue weighted by Gasteiger charge is -2.13. The number of carbonyl (C=O) groups is 1. The molecule has 5 heteroatoms. The van der Waals surface area contributed by atoms with E-state index in [1.807, 2.05) is 42.5 Å². The average molecular weight is 342 g/mol. The quantitative estimate of drug-likeness (QED) is 0.441. The van der Waals surface area contributed by atoms with Gasteiger partial charge in [-0.15, -0.1) is 0 Å². The molecule has 0 saturated heterocycles. The van der Waals surface area contributed by atoms with Crippen molar-refractivity contribution in [1.82, 2.24) is 0 Å². The molecule has 0 fully saturated rings. The van der Waals surface area contributed by atoms with Gasteiger partial charge in [-0.25, -0.2) is 0 Å². The Labute approximate surface area is 148 Å². The lowest BCUT2D eigenvalue weighted by Crippen LogP contribution is -2.00. The van der Waals surface area contributed by atoms with Gasteiger partial charge in [0, 0.05) is 29.4 Å². The fourth-order valence-corrected chi connectivity index (χ4v) is 2.65. The minimum Gasteiger partial charge on any atom is -0.493 e. The van der Waals surface area contributed by atoms with Crippen molar-refractivity contribution in [1.29, 1.82) is 0 Å². The van der Waals surface area contributed by atoms with Crippen LogP contribution in [-0.4, -0.2) is 17.7 Å². The smallest absolute Gasteiger partial charge is 0.303 e. The first-order chi connectivity index (χ1) is 12.1. The van der Waals surface area contributed by atoms with E-state index in [2.05, 4.69) is 0 Å². The molecule has 0 atom stereocenters. The Morgan fingerprint density at radius 3 is 2.24 bits per heavy atom. The molecular formula is C20H26N2O3. The first-order valence-corrected chi connectivity index (χ1v) is 8.66. The van der Waals surface area contributed by atoms with Crippen molar-refractivity contribution in [3.8, 4) is 16.9 Å². The predicted molar refractivity (Wildman–Crippen MR) is 102 cm³/mol. The maximum atomic E-state index is 10.4. The van der Waals surface area contributed by atoms with E-state index in [9.17, 15) is 4.79 Å². The third kappa shape index (κ3) is 6.37.